The fourth-order valence-electron chi connectivity index (χ4n) is 2.58. The molecule has 0 N–H and O–H groups in total. The molecule has 0 nitrogen and oxygen atoms in total. The molecule has 82 valence electrons. The highest BCUT2D eigenvalue weighted by molar-refractivity contribution is 6.31. The number of benzene rings is 1. The molecule has 1 heteroatoms. The second kappa shape index (κ2) is 5.55. The molecule has 1 aliphatic carbocycles. The molecule has 0 unspecified atom stereocenters. The first-order valence-electron chi connectivity index (χ1n) is 6.09. The lowest BCUT2D eigenvalue weighted by atomic mass is 9.98. The fraction of sp³-hybridized carbons (Fsp3) is 0.571. The lowest BCUT2D eigenvalue weighted by Crippen LogP contribution is -1.95. The Morgan fingerprint density at radius 3 is 2.60 bits per heavy atom. The monoisotopic (exact) mass is 222 g/mol. The van der Waals surface area contributed by atoms with E-state index in [1.54, 1.807) is 0 Å². The molecule has 0 saturated heterocycles. The van der Waals surface area contributed by atoms with Crippen LogP contribution in [0.3, 0.4) is 0 Å². The van der Waals surface area contributed by atoms with Crippen molar-refractivity contribution in [3.63, 3.8) is 0 Å². The summed E-state index contributed by atoms with van der Waals surface area (Å²) in [6.07, 6.45) is 9.67. The highest BCUT2D eigenvalue weighted by atomic mass is 35.5. The zero-order chi connectivity index (χ0) is 10.5. The molecule has 15 heavy (non-hydrogen) atoms. The molecule has 0 amide bonds. The molecule has 2 rings (SSSR count). The molecule has 0 bridgehead atoms. The van der Waals surface area contributed by atoms with Gasteiger partial charge in [-0.1, -0.05) is 61.9 Å². The van der Waals surface area contributed by atoms with E-state index >= 15 is 0 Å². The number of rotatable bonds is 4. The first-order chi connectivity index (χ1) is 7.36. The highest BCUT2D eigenvalue weighted by Crippen LogP contribution is 2.29. The van der Waals surface area contributed by atoms with Gasteiger partial charge in [-0.3, -0.25) is 0 Å². The summed E-state index contributed by atoms with van der Waals surface area (Å²) in [5.41, 5.74) is 1.32. The van der Waals surface area contributed by atoms with Crippen LogP contribution in [0, 0.1) is 5.92 Å². The van der Waals surface area contributed by atoms with Gasteiger partial charge in [0.1, 0.15) is 0 Å². The highest BCUT2D eigenvalue weighted by Gasteiger charge is 2.14. The molecule has 0 heterocycles. The Morgan fingerprint density at radius 1 is 1.13 bits per heavy atom. The molecule has 1 saturated carbocycles. The van der Waals surface area contributed by atoms with Crippen LogP contribution in [0.1, 0.15) is 44.1 Å². The van der Waals surface area contributed by atoms with Gasteiger partial charge in [0.25, 0.3) is 0 Å². The van der Waals surface area contributed by atoms with Crippen LogP contribution in [-0.4, -0.2) is 0 Å². The SMILES string of the molecule is Clc1ccccc1CCCC1CCCC1. The molecule has 1 aliphatic rings. The summed E-state index contributed by atoms with van der Waals surface area (Å²) >= 11 is 6.12. The average molecular weight is 223 g/mol. The molecular weight excluding hydrogens is 204 g/mol. The smallest absolute Gasteiger partial charge is 0.0437 e. The molecule has 1 aromatic rings. The van der Waals surface area contributed by atoms with Gasteiger partial charge in [0.2, 0.25) is 0 Å². The normalized spacial score (nSPS) is 17.1. The number of hydrogen-bond donors (Lipinski definition) is 0. The van der Waals surface area contributed by atoms with Gasteiger partial charge in [0.05, 0.1) is 0 Å². The molecular formula is C14H19Cl. The topological polar surface area (TPSA) is 0 Å². The van der Waals surface area contributed by atoms with Gasteiger partial charge in [-0.2, -0.15) is 0 Å². The van der Waals surface area contributed by atoms with Crippen molar-refractivity contribution in [3.8, 4) is 0 Å². The van der Waals surface area contributed by atoms with Gasteiger partial charge in [-0.25, -0.2) is 0 Å². The minimum atomic E-state index is 0.934. The Labute approximate surface area is 97.6 Å². The van der Waals surface area contributed by atoms with Gasteiger partial charge in [-0.15, -0.1) is 0 Å². The molecule has 1 aromatic carbocycles. The summed E-state index contributed by atoms with van der Waals surface area (Å²) in [4.78, 5) is 0. The maximum atomic E-state index is 6.12. The minimum absolute atomic E-state index is 0.934. The Morgan fingerprint density at radius 2 is 1.87 bits per heavy atom. The predicted octanol–water partition coefficient (Wildman–Crippen LogP) is 4.85. The third-order valence-electron chi connectivity index (χ3n) is 3.49. The Kier molecular flexibility index (Phi) is 4.08. The Bertz CT molecular complexity index is 300. The van der Waals surface area contributed by atoms with Gasteiger partial charge >= 0.3 is 0 Å². The molecule has 0 radical (unpaired) electrons. The summed E-state index contributed by atoms with van der Waals surface area (Å²) in [7, 11) is 0. The molecule has 0 spiro atoms. The number of halogens is 1. The van der Waals surface area contributed by atoms with E-state index in [0.717, 1.165) is 17.4 Å². The minimum Gasteiger partial charge on any atom is -0.0840 e. The Hall–Kier alpha value is -0.490. The van der Waals surface area contributed by atoms with Crippen LogP contribution in [0.5, 0.6) is 0 Å². The largest absolute Gasteiger partial charge is 0.0840 e. The van der Waals surface area contributed by atoms with Crippen LogP contribution < -0.4 is 0 Å². The van der Waals surface area contributed by atoms with Crippen LogP contribution in [-0.2, 0) is 6.42 Å². The van der Waals surface area contributed by atoms with E-state index < -0.39 is 0 Å². The summed E-state index contributed by atoms with van der Waals surface area (Å²) in [6, 6.07) is 8.23. The van der Waals surface area contributed by atoms with Crippen molar-refractivity contribution < 1.29 is 0 Å². The maximum Gasteiger partial charge on any atom is 0.0437 e. The van der Waals surface area contributed by atoms with Gasteiger partial charge in [-0.05, 0) is 30.4 Å². The van der Waals surface area contributed by atoms with Crippen molar-refractivity contribution >= 4 is 11.6 Å². The van der Waals surface area contributed by atoms with Crippen molar-refractivity contribution in [2.24, 2.45) is 5.92 Å². The molecule has 0 atom stereocenters. The predicted molar refractivity (Wildman–Crippen MR) is 66.3 cm³/mol. The third kappa shape index (κ3) is 3.24. The number of aryl methyl sites for hydroxylation is 1. The van der Waals surface area contributed by atoms with Crippen molar-refractivity contribution in [3.05, 3.63) is 34.9 Å². The molecule has 0 aliphatic heterocycles. The summed E-state index contributed by atoms with van der Waals surface area (Å²) in [5, 5.41) is 0.934. The van der Waals surface area contributed by atoms with Crippen molar-refractivity contribution in [2.75, 3.05) is 0 Å². The fourth-order valence-corrected chi connectivity index (χ4v) is 2.81. The van der Waals surface area contributed by atoms with Crippen LogP contribution in [0.2, 0.25) is 5.02 Å². The van der Waals surface area contributed by atoms with Crippen LogP contribution in [0.4, 0.5) is 0 Å². The lowest BCUT2D eigenvalue weighted by Gasteiger charge is -2.08. The zero-order valence-electron chi connectivity index (χ0n) is 9.21. The second-order valence-corrected chi connectivity index (χ2v) is 5.04. The standard InChI is InChI=1S/C14H19Cl/c15-14-11-4-3-9-13(14)10-5-8-12-6-1-2-7-12/h3-4,9,11-12H,1-2,5-8,10H2. The first-order valence-corrected chi connectivity index (χ1v) is 6.47. The van der Waals surface area contributed by atoms with Crippen LogP contribution >= 0.6 is 11.6 Å². The first kappa shape index (κ1) is 11.0. The van der Waals surface area contributed by atoms with E-state index in [0.29, 0.717) is 0 Å². The zero-order valence-corrected chi connectivity index (χ0v) is 9.97. The van der Waals surface area contributed by atoms with E-state index in [1.807, 2.05) is 12.1 Å². The maximum absolute atomic E-state index is 6.12. The number of hydrogen-bond acceptors (Lipinski definition) is 0. The van der Waals surface area contributed by atoms with Gasteiger partial charge < -0.3 is 0 Å². The van der Waals surface area contributed by atoms with E-state index in [2.05, 4.69) is 12.1 Å². The Balaban J connectivity index is 1.75. The summed E-state index contributed by atoms with van der Waals surface area (Å²) in [6.45, 7) is 0. The van der Waals surface area contributed by atoms with E-state index in [4.69, 9.17) is 11.6 Å². The molecule has 1 fully saturated rings. The average Bonchev–Trinajstić information content (AvgIpc) is 2.74. The van der Waals surface area contributed by atoms with E-state index in [9.17, 15) is 0 Å². The quantitative estimate of drug-likeness (QED) is 0.683. The third-order valence-corrected chi connectivity index (χ3v) is 3.86. The summed E-state index contributed by atoms with van der Waals surface area (Å²) < 4.78 is 0. The van der Waals surface area contributed by atoms with Crippen LogP contribution in [0.15, 0.2) is 24.3 Å². The van der Waals surface area contributed by atoms with Crippen molar-refractivity contribution in [1.29, 1.82) is 0 Å². The van der Waals surface area contributed by atoms with Gasteiger partial charge in [0.15, 0.2) is 0 Å². The molecule has 0 aromatic heterocycles. The second-order valence-electron chi connectivity index (χ2n) is 4.63. The lowest BCUT2D eigenvalue weighted by molar-refractivity contribution is 0.484. The van der Waals surface area contributed by atoms with E-state index in [1.165, 1.54) is 44.1 Å². The summed E-state index contributed by atoms with van der Waals surface area (Å²) in [5.74, 6) is 1.01. The van der Waals surface area contributed by atoms with Gasteiger partial charge in [0, 0.05) is 5.02 Å². The van der Waals surface area contributed by atoms with Crippen LogP contribution in [0.25, 0.3) is 0 Å². The van der Waals surface area contributed by atoms with Crippen molar-refractivity contribution in [1.82, 2.24) is 0 Å². The van der Waals surface area contributed by atoms with E-state index in [-0.39, 0.29) is 0 Å². The van der Waals surface area contributed by atoms with Crippen molar-refractivity contribution in [2.45, 2.75) is 44.9 Å².